The molecule has 0 saturated heterocycles. The first-order chi connectivity index (χ1) is 9.97. The molecule has 7 heteroatoms. The van der Waals surface area contributed by atoms with E-state index in [-0.39, 0.29) is 12.4 Å². The fraction of sp³-hybridized carbons (Fsp3) is 0.571. The van der Waals surface area contributed by atoms with Crippen molar-refractivity contribution in [3.05, 3.63) is 35.6 Å². The molecule has 0 amide bonds. The normalized spacial score (nSPS) is 15.6. The second kappa shape index (κ2) is 7.31. The summed E-state index contributed by atoms with van der Waals surface area (Å²) in [5, 5.41) is 3.34. The molecule has 0 radical (unpaired) electrons. The molecule has 1 fully saturated rings. The van der Waals surface area contributed by atoms with Gasteiger partial charge in [0.15, 0.2) is 0 Å². The maximum Gasteiger partial charge on any atom is 0.279 e. The Morgan fingerprint density at radius 2 is 2.14 bits per heavy atom. The minimum atomic E-state index is -3.52. The van der Waals surface area contributed by atoms with Gasteiger partial charge in [-0.25, -0.2) is 4.39 Å². The summed E-state index contributed by atoms with van der Waals surface area (Å²) in [6.45, 7) is 1.37. The van der Waals surface area contributed by atoms with Gasteiger partial charge in [-0.1, -0.05) is 12.1 Å². The Balaban J connectivity index is 1.73. The van der Waals surface area contributed by atoms with Gasteiger partial charge >= 0.3 is 0 Å². The van der Waals surface area contributed by atoms with Crippen LogP contribution in [0.25, 0.3) is 0 Å². The molecule has 0 aliphatic heterocycles. The highest BCUT2D eigenvalue weighted by Gasteiger charge is 2.20. The van der Waals surface area contributed by atoms with Gasteiger partial charge in [0.05, 0.1) is 0 Å². The largest absolute Gasteiger partial charge is 0.314 e. The van der Waals surface area contributed by atoms with Crippen LogP contribution in [-0.4, -0.2) is 38.9 Å². The standard InChI is InChI=1S/C14H22FN3O2S/c1-18(9-3-8-16-14-6-7-14)21(19,20)17-11-12-4-2-5-13(15)10-12/h2,4-5,10,14,16-17H,3,6-9,11H2,1H3. The monoisotopic (exact) mass is 315 g/mol. The van der Waals surface area contributed by atoms with Crippen molar-refractivity contribution in [3.8, 4) is 0 Å². The van der Waals surface area contributed by atoms with E-state index in [1.54, 1.807) is 19.2 Å². The minimum Gasteiger partial charge on any atom is -0.314 e. The van der Waals surface area contributed by atoms with Crippen LogP contribution in [0.2, 0.25) is 0 Å². The summed E-state index contributed by atoms with van der Waals surface area (Å²) >= 11 is 0. The molecule has 0 spiro atoms. The van der Waals surface area contributed by atoms with Crippen LogP contribution in [0.15, 0.2) is 24.3 Å². The summed E-state index contributed by atoms with van der Waals surface area (Å²) in [4.78, 5) is 0. The van der Waals surface area contributed by atoms with E-state index in [0.717, 1.165) is 13.0 Å². The summed E-state index contributed by atoms with van der Waals surface area (Å²) in [6, 6.07) is 6.54. The Bertz CT molecular complexity index is 561. The van der Waals surface area contributed by atoms with Gasteiger partial charge < -0.3 is 5.32 Å². The molecular weight excluding hydrogens is 293 g/mol. The third kappa shape index (κ3) is 5.70. The van der Waals surface area contributed by atoms with Gasteiger partial charge in [-0.3, -0.25) is 0 Å². The van der Waals surface area contributed by atoms with Gasteiger partial charge in [0.25, 0.3) is 10.2 Å². The van der Waals surface area contributed by atoms with Gasteiger partial charge in [0.2, 0.25) is 0 Å². The van der Waals surface area contributed by atoms with Gasteiger partial charge in [-0.05, 0) is 43.5 Å². The van der Waals surface area contributed by atoms with E-state index in [2.05, 4.69) is 10.0 Å². The summed E-state index contributed by atoms with van der Waals surface area (Å²) in [6.07, 6.45) is 3.22. The lowest BCUT2D eigenvalue weighted by Crippen LogP contribution is -2.39. The number of rotatable bonds is 9. The highest BCUT2D eigenvalue weighted by atomic mass is 32.2. The van der Waals surface area contributed by atoms with Crippen LogP contribution in [0.5, 0.6) is 0 Å². The molecule has 1 aliphatic carbocycles. The Labute approximate surface area is 125 Å². The maximum absolute atomic E-state index is 13.0. The van der Waals surface area contributed by atoms with E-state index in [1.807, 2.05) is 0 Å². The van der Waals surface area contributed by atoms with E-state index >= 15 is 0 Å². The molecule has 5 nitrogen and oxygen atoms in total. The molecule has 1 aromatic carbocycles. The average molecular weight is 315 g/mol. The van der Waals surface area contributed by atoms with Gasteiger partial charge in [-0.15, -0.1) is 0 Å². The van der Waals surface area contributed by atoms with Crippen molar-refractivity contribution >= 4 is 10.2 Å². The first-order valence-electron chi connectivity index (χ1n) is 7.16. The van der Waals surface area contributed by atoms with Crippen LogP contribution in [0.4, 0.5) is 4.39 Å². The molecule has 2 rings (SSSR count). The number of halogens is 1. The quantitative estimate of drug-likeness (QED) is 0.674. The summed E-state index contributed by atoms with van der Waals surface area (Å²) in [5.41, 5.74) is 0.599. The van der Waals surface area contributed by atoms with Crippen molar-refractivity contribution in [1.82, 2.24) is 14.3 Å². The number of hydrogen-bond acceptors (Lipinski definition) is 3. The Morgan fingerprint density at radius 3 is 2.81 bits per heavy atom. The smallest absolute Gasteiger partial charge is 0.279 e. The maximum atomic E-state index is 13.0. The fourth-order valence-electron chi connectivity index (χ4n) is 1.95. The molecule has 1 saturated carbocycles. The third-order valence-corrected chi connectivity index (χ3v) is 4.93. The number of nitrogens with zero attached hydrogens (tertiary/aromatic N) is 1. The van der Waals surface area contributed by atoms with Crippen LogP contribution >= 0.6 is 0 Å². The molecular formula is C14H22FN3O2S. The molecule has 1 aromatic rings. The number of benzene rings is 1. The van der Waals surface area contributed by atoms with E-state index < -0.39 is 10.2 Å². The van der Waals surface area contributed by atoms with Crippen molar-refractivity contribution in [2.24, 2.45) is 0 Å². The molecule has 0 aromatic heterocycles. The second-order valence-electron chi connectivity index (χ2n) is 5.36. The zero-order valence-corrected chi connectivity index (χ0v) is 13.0. The SMILES string of the molecule is CN(CCCNC1CC1)S(=O)(=O)NCc1cccc(F)c1. The van der Waals surface area contributed by atoms with E-state index in [9.17, 15) is 12.8 Å². The second-order valence-corrected chi connectivity index (χ2v) is 7.22. The van der Waals surface area contributed by atoms with Crippen LogP contribution in [-0.2, 0) is 16.8 Å². The van der Waals surface area contributed by atoms with Crippen LogP contribution in [0.3, 0.4) is 0 Å². The number of nitrogens with one attached hydrogen (secondary N) is 2. The topological polar surface area (TPSA) is 61.4 Å². The molecule has 1 aliphatic rings. The zero-order chi connectivity index (χ0) is 15.3. The third-order valence-electron chi connectivity index (χ3n) is 3.42. The van der Waals surface area contributed by atoms with Crippen LogP contribution in [0, 0.1) is 5.82 Å². The van der Waals surface area contributed by atoms with Crippen molar-refractivity contribution in [2.75, 3.05) is 20.1 Å². The Morgan fingerprint density at radius 1 is 1.38 bits per heavy atom. The highest BCUT2D eigenvalue weighted by molar-refractivity contribution is 7.87. The zero-order valence-electron chi connectivity index (χ0n) is 12.2. The predicted octanol–water partition coefficient (Wildman–Crippen LogP) is 1.23. The van der Waals surface area contributed by atoms with Gasteiger partial charge in [0.1, 0.15) is 5.82 Å². The van der Waals surface area contributed by atoms with Gasteiger partial charge in [-0.2, -0.15) is 17.4 Å². The molecule has 21 heavy (non-hydrogen) atoms. The Hall–Kier alpha value is -1.02. The molecule has 0 bridgehead atoms. The van der Waals surface area contributed by atoms with E-state index in [0.29, 0.717) is 18.2 Å². The van der Waals surface area contributed by atoms with Gasteiger partial charge in [0, 0.05) is 26.2 Å². The first-order valence-corrected chi connectivity index (χ1v) is 8.60. The average Bonchev–Trinajstić information content (AvgIpc) is 3.25. The summed E-state index contributed by atoms with van der Waals surface area (Å²) in [5.74, 6) is -0.369. The van der Waals surface area contributed by atoms with Crippen molar-refractivity contribution in [1.29, 1.82) is 0 Å². The molecule has 2 N–H and O–H groups in total. The highest BCUT2D eigenvalue weighted by Crippen LogP contribution is 2.18. The van der Waals surface area contributed by atoms with Crippen molar-refractivity contribution < 1.29 is 12.8 Å². The molecule has 0 atom stereocenters. The summed E-state index contributed by atoms with van der Waals surface area (Å²) in [7, 11) is -1.98. The first kappa shape index (κ1) is 16.4. The minimum absolute atomic E-state index is 0.0881. The van der Waals surface area contributed by atoms with E-state index in [4.69, 9.17) is 0 Å². The van der Waals surface area contributed by atoms with E-state index in [1.165, 1.54) is 29.3 Å². The lowest BCUT2D eigenvalue weighted by atomic mass is 10.2. The van der Waals surface area contributed by atoms with Crippen LogP contribution < -0.4 is 10.0 Å². The van der Waals surface area contributed by atoms with Crippen molar-refractivity contribution in [2.45, 2.75) is 31.8 Å². The fourth-order valence-corrected chi connectivity index (χ4v) is 2.89. The van der Waals surface area contributed by atoms with Crippen molar-refractivity contribution in [3.63, 3.8) is 0 Å². The Kier molecular flexibility index (Phi) is 5.69. The molecule has 118 valence electrons. The molecule has 0 unspecified atom stereocenters. The number of hydrogen-bond donors (Lipinski definition) is 2. The lowest BCUT2D eigenvalue weighted by Gasteiger charge is -2.17. The molecule has 0 heterocycles. The predicted molar refractivity (Wildman–Crippen MR) is 80.4 cm³/mol. The lowest BCUT2D eigenvalue weighted by molar-refractivity contribution is 0.444. The van der Waals surface area contributed by atoms with Crippen LogP contribution in [0.1, 0.15) is 24.8 Å². The summed E-state index contributed by atoms with van der Waals surface area (Å²) < 4.78 is 40.9.